The summed E-state index contributed by atoms with van der Waals surface area (Å²) in [4.78, 5) is 49.6. The second-order valence-corrected chi connectivity index (χ2v) is 8.13. The number of hydrogen-bond donors (Lipinski definition) is 1. The van der Waals surface area contributed by atoms with Crippen LogP contribution in [0.15, 0.2) is 72.3 Å². The number of urea groups is 1. The molecule has 0 unspecified atom stereocenters. The van der Waals surface area contributed by atoms with Crippen molar-refractivity contribution in [3.63, 3.8) is 0 Å². The van der Waals surface area contributed by atoms with Gasteiger partial charge in [0.25, 0.3) is 17.5 Å². The summed E-state index contributed by atoms with van der Waals surface area (Å²) in [5.74, 6) is -1.37. The number of hydrogen-bond acceptors (Lipinski definition) is 6. The van der Waals surface area contributed by atoms with E-state index in [4.69, 9.17) is 16.3 Å². The Bertz CT molecular complexity index is 1400. The molecule has 0 bridgehead atoms. The first-order valence-electron chi connectivity index (χ1n) is 10.4. The smallest absolute Gasteiger partial charge is 0.335 e. The van der Waals surface area contributed by atoms with E-state index in [0.29, 0.717) is 21.8 Å². The number of barbiturate groups is 1. The molecule has 3 aromatic rings. The molecular formula is C25H18ClN3O6. The summed E-state index contributed by atoms with van der Waals surface area (Å²) in [5.41, 5.74) is 1.66. The lowest BCUT2D eigenvalue weighted by molar-refractivity contribution is -0.384. The Morgan fingerprint density at radius 3 is 2.57 bits per heavy atom. The van der Waals surface area contributed by atoms with Gasteiger partial charge in [0, 0.05) is 22.7 Å². The van der Waals surface area contributed by atoms with Crippen molar-refractivity contribution in [1.82, 2.24) is 5.32 Å². The molecule has 4 rings (SSSR count). The number of aryl methyl sites for hydroxylation is 1. The van der Waals surface area contributed by atoms with Crippen LogP contribution >= 0.6 is 11.6 Å². The summed E-state index contributed by atoms with van der Waals surface area (Å²) in [7, 11) is 0. The Kier molecular flexibility index (Phi) is 6.61. The summed E-state index contributed by atoms with van der Waals surface area (Å²) in [6.07, 6.45) is 1.29. The van der Waals surface area contributed by atoms with Crippen LogP contribution in [0.3, 0.4) is 0 Å². The van der Waals surface area contributed by atoms with Gasteiger partial charge in [0.05, 0.1) is 10.6 Å². The number of nitro groups is 1. The molecule has 1 aliphatic rings. The average Bonchev–Trinajstić information content (AvgIpc) is 2.81. The van der Waals surface area contributed by atoms with Crippen molar-refractivity contribution in [3.8, 4) is 5.75 Å². The fourth-order valence-electron chi connectivity index (χ4n) is 3.50. The molecule has 176 valence electrons. The van der Waals surface area contributed by atoms with E-state index >= 15 is 0 Å². The van der Waals surface area contributed by atoms with E-state index in [1.807, 2.05) is 13.0 Å². The lowest BCUT2D eigenvalue weighted by Gasteiger charge is -2.26. The van der Waals surface area contributed by atoms with Crippen molar-refractivity contribution in [2.75, 3.05) is 4.90 Å². The van der Waals surface area contributed by atoms with E-state index in [9.17, 15) is 24.5 Å². The lowest BCUT2D eigenvalue weighted by atomic mass is 10.1. The van der Waals surface area contributed by atoms with Crippen molar-refractivity contribution in [3.05, 3.63) is 104 Å². The fraction of sp³-hybridized carbons (Fsp3) is 0.0800. The topological polar surface area (TPSA) is 119 Å². The molecule has 0 saturated carbocycles. The number of anilines is 1. The standard InChI is InChI=1S/C25H18ClN3O6/c1-15-4-2-6-19(10-15)28-24(31)21(23(30)27-25(28)32)13-17-12-18(26)8-9-22(17)35-14-16-5-3-7-20(11-16)29(33)34/h2-13H,14H2,1H3,(H,27,30,32)/b21-13+. The van der Waals surface area contributed by atoms with Crippen LogP contribution in [-0.2, 0) is 16.2 Å². The zero-order valence-electron chi connectivity index (χ0n) is 18.4. The van der Waals surface area contributed by atoms with Crippen LogP contribution in [0.25, 0.3) is 6.08 Å². The molecule has 9 nitrogen and oxygen atoms in total. The summed E-state index contributed by atoms with van der Waals surface area (Å²) in [6, 6.07) is 16.5. The number of amides is 4. The first-order chi connectivity index (χ1) is 16.7. The maximum Gasteiger partial charge on any atom is 0.335 e. The number of halogens is 1. The normalized spacial score (nSPS) is 14.7. The first kappa shape index (κ1) is 23.7. The fourth-order valence-corrected chi connectivity index (χ4v) is 3.68. The van der Waals surface area contributed by atoms with E-state index in [-0.39, 0.29) is 23.6 Å². The Hall–Kier alpha value is -4.50. The third kappa shape index (κ3) is 5.20. The highest BCUT2D eigenvalue weighted by Gasteiger charge is 2.37. The molecule has 1 heterocycles. The van der Waals surface area contributed by atoms with Crippen LogP contribution in [-0.4, -0.2) is 22.8 Å². The molecule has 0 atom stereocenters. The number of non-ortho nitro benzene ring substituents is 1. The quantitative estimate of drug-likeness (QED) is 0.229. The molecule has 4 amide bonds. The molecule has 0 radical (unpaired) electrons. The van der Waals surface area contributed by atoms with Gasteiger partial charge in [-0.05, 0) is 54.5 Å². The van der Waals surface area contributed by atoms with E-state index in [1.54, 1.807) is 42.5 Å². The molecule has 1 aliphatic heterocycles. The number of nitrogens with zero attached hydrogens (tertiary/aromatic N) is 2. The Balaban J connectivity index is 1.66. The van der Waals surface area contributed by atoms with Gasteiger partial charge >= 0.3 is 6.03 Å². The van der Waals surface area contributed by atoms with Gasteiger partial charge in [-0.25, -0.2) is 9.69 Å². The third-order valence-electron chi connectivity index (χ3n) is 5.15. The van der Waals surface area contributed by atoms with Crippen molar-refractivity contribution in [2.24, 2.45) is 0 Å². The molecule has 10 heteroatoms. The minimum absolute atomic E-state index is 0.00642. The number of rotatable bonds is 6. The average molecular weight is 492 g/mol. The molecule has 1 saturated heterocycles. The number of nitro benzene ring substituents is 1. The minimum atomic E-state index is -0.853. The second-order valence-electron chi connectivity index (χ2n) is 7.69. The number of imide groups is 2. The van der Waals surface area contributed by atoms with Crippen molar-refractivity contribution < 1.29 is 24.0 Å². The first-order valence-corrected chi connectivity index (χ1v) is 10.7. The van der Waals surface area contributed by atoms with Crippen LogP contribution in [0, 0.1) is 17.0 Å². The van der Waals surface area contributed by atoms with Crippen molar-refractivity contribution in [1.29, 1.82) is 0 Å². The summed E-state index contributed by atoms with van der Waals surface area (Å²) in [6.45, 7) is 1.81. The Labute approximate surface area is 204 Å². The van der Waals surface area contributed by atoms with Crippen molar-refractivity contribution >= 4 is 46.9 Å². The van der Waals surface area contributed by atoms with Gasteiger partial charge < -0.3 is 4.74 Å². The highest BCUT2D eigenvalue weighted by Crippen LogP contribution is 2.29. The van der Waals surface area contributed by atoms with E-state index < -0.39 is 22.8 Å². The van der Waals surface area contributed by atoms with Gasteiger partial charge in [-0.15, -0.1) is 0 Å². The summed E-state index contributed by atoms with van der Waals surface area (Å²) in [5, 5.41) is 13.5. The molecule has 0 aromatic heterocycles. The predicted molar refractivity (Wildman–Crippen MR) is 129 cm³/mol. The maximum atomic E-state index is 13.2. The number of benzene rings is 3. The second kappa shape index (κ2) is 9.78. The molecule has 0 spiro atoms. The Morgan fingerprint density at radius 1 is 1.06 bits per heavy atom. The zero-order valence-corrected chi connectivity index (χ0v) is 19.1. The van der Waals surface area contributed by atoms with Gasteiger partial charge in [0.2, 0.25) is 0 Å². The lowest BCUT2D eigenvalue weighted by Crippen LogP contribution is -2.54. The highest BCUT2D eigenvalue weighted by atomic mass is 35.5. The molecule has 0 aliphatic carbocycles. The maximum absolute atomic E-state index is 13.2. The van der Waals surface area contributed by atoms with Gasteiger partial charge in [-0.2, -0.15) is 0 Å². The third-order valence-corrected chi connectivity index (χ3v) is 5.38. The minimum Gasteiger partial charge on any atom is -0.488 e. The molecule has 3 aromatic carbocycles. The van der Waals surface area contributed by atoms with E-state index in [2.05, 4.69) is 5.32 Å². The van der Waals surface area contributed by atoms with Crippen LogP contribution in [0.1, 0.15) is 16.7 Å². The van der Waals surface area contributed by atoms with Gasteiger partial charge in [0.1, 0.15) is 17.9 Å². The van der Waals surface area contributed by atoms with E-state index in [1.165, 1.54) is 24.3 Å². The highest BCUT2D eigenvalue weighted by molar-refractivity contribution is 6.39. The van der Waals surface area contributed by atoms with E-state index in [0.717, 1.165) is 10.5 Å². The van der Waals surface area contributed by atoms with Gasteiger partial charge in [-0.1, -0.05) is 35.9 Å². The van der Waals surface area contributed by atoms with Gasteiger partial charge in [-0.3, -0.25) is 25.0 Å². The molecule has 1 fully saturated rings. The SMILES string of the molecule is Cc1cccc(N2C(=O)NC(=O)/C(=C\c3cc(Cl)ccc3OCc3cccc([N+](=O)[O-])c3)C2=O)c1. The number of ether oxygens (including phenoxy) is 1. The summed E-state index contributed by atoms with van der Waals surface area (Å²) < 4.78 is 5.82. The largest absolute Gasteiger partial charge is 0.488 e. The summed E-state index contributed by atoms with van der Waals surface area (Å²) >= 11 is 6.14. The van der Waals surface area contributed by atoms with Crippen molar-refractivity contribution in [2.45, 2.75) is 13.5 Å². The Morgan fingerprint density at radius 2 is 1.83 bits per heavy atom. The van der Waals surface area contributed by atoms with Crippen LogP contribution in [0.2, 0.25) is 5.02 Å². The molecule has 35 heavy (non-hydrogen) atoms. The number of nitrogens with one attached hydrogen (secondary N) is 1. The number of carbonyl (C=O) groups excluding carboxylic acids is 3. The van der Waals surface area contributed by atoms with Gasteiger partial charge in [0.15, 0.2) is 0 Å². The van der Waals surface area contributed by atoms with Crippen LogP contribution in [0.4, 0.5) is 16.2 Å². The molecular weight excluding hydrogens is 474 g/mol. The predicted octanol–water partition coefficient (Wildman–Crippen LogP) is 4.80. The van der Waals surface area contributed by atoms with Crippen LogP contribution < -0.4 is 15.0 Å². The van der Waals surface area contributed by atoms with Crippen LogP contribution in [0.5, 0.6) is 5.75 Å². The number of carbonyl (C=O) groups is 3. The zero-order chi connectivity index (χ0) is 25.1. The monoisotopic (exact) mass is 491 g/mol. The molecule has 1 N–H and O–H groups in total.